The lowest BCUT2D eigenvalue weighted by molar-refractivity contribution is 0.0945. The second-order valence-corrected chi connectivity index (χ2v) is 5.60. The van der Waals surface area contributed by atoms with Gasteiger partial charge >= 0.3 is 0 Å². The lowest BCUT2D eigenvalue weighted by Gasteiger charge is -2.08. The van der Waals surface area contributed by atoms with Crippen LogP contribution in [0.1, 0.15) is 32.9 Å². The molecule has 0 spiro atoms. The van der Waals surface area contributed by atoms with Crippen LogP contribution in [-0.2, 0) is 13.0 Å². The molecular formula is C14H16N2O3S. The average Bonchev–Trinajstić information content (AvgIpc) is 2.76. The number of aryl methyl sites for hydroxylation is 2. The van der Waals surface area contributed by atoms with Gasteiger partial charge in [0.2, 0.25) is 0 Å². The highest BCUT2D eigenvalue weighted by Crippen LogP contribution is 2.26. The zero-order valence-corrected chi connectivity index (χ0v) is 12.1. The number of nitrogens with one attached hydrogen (secondary N) is 1. The highest BCUT2D eigenvalue weighted by Gasteiger charge is 2.16. The number of hydrogen-bond acceptors (Lipinski definition) is 5. The smallest absolute Gasteiger partial charge is 0.259 e. The molecule has 1 aromatic heterocycles. The van der Waals surface area contributed by atoms with Gasteiger partial charge in [-0.05, 0) is 25.5 Å². The molecule has 0 saturated carbocycles. The van der Waals surface area contributed by atoms with Crippen LogP contribution in [0.25, 0.3) is 0 Å². The van der Waals surface area contributed by atoms with Crippen LogP contribution in [0, 0.1) is 6.92 Å². The Morgan fingerprint density at radius 1 is 1.35 bits per heavy atom. The van der Waals surface area contributed by atoms with Crippen molar-refractivity contribution < 1.29 is 15.0 Å². The van der Waals surface area contributed by atoms with Gasteiger partial charge < -0.3 is 15.5 Å². The maximum atomic E-state index is 12.0. The number of nitrogens with zero attached hydrogens (tertiary/aromatic N) is 1. The van der Waals surface area contributed by atoms with Crippen molar-refractivity contribution in [3.63, 3.8) is 0 Å². The molecule has 0 radical (unpaired) electrons. The Kier molecular flexibility index (Phi) is 4.24. The number of amides is 1. The summed E-state index contributed by atoms with van der Waals surface area (Å²) in [6.07, 6.45) is 0.803. The fraction of sp³-hybridized carbons (Fsp3) is 0.286. The number of aromatic hydroxyl groups is 2. The van der Waals surface area contributed by atoms with Crippen molar-refractivity contribution in [1.82, 2.24) is 10.3 Å². The van der Waals surface area contributed by atoms with Gasteiger partial charge in [-0.1, -0.05) is 13.0 Å². The molecule has 6 heteroatoms. The van der Waals surface area contributed by atoms with Gasteiger partial charge in [-0.25, -0.2) is 4.98 Å². The minimum absolute atomic E-state index is 0.105. The summed E-state index contributed by atoms with van der Waals surface area (Å²) in [5.74, 6) is -0.980. The summed E-state index contributed by atoms with van der Waals surface area (Å²) in [6.45, 7) is 4.26. The van der Waals surface area contributed by atoms with E-state index < -0.39 is 5.91 Å². The zero-order valence-electron chi connectivity index (χ0n) is 11.3. The Balaban J connectivity index is 2.13. The Bertz CT molecular complexity index is 617. The third-order valence-electron chi connectivity index (χ3n) is 2.88. The number of phenols is 2. The van der Waals surface area contributed by atoms with E-state index >= 15 is 0 Å². The molecule has 0 bridgehead atoms. The second-order valence-electron chi connectivity index (χ2n) is 4.31. The van der Waals surface area contributed by atoms with Crippen molar-refractivity contribution in [1.29, 1.82) is 0 Å². The summed E-state index contributed by atoms with van der Waals surface area (Å²) < 4.78 is 0. The molecule has 106 valence electrons. The van der Waals surface area contributed by atoms with Crippen LogP contribution in [0.2, 0.25) is 0 Å². The Hall–Kier alpha value is -2.08. The van der Waals surface area contributed by atoms with Crippen molar-refractivity contribution in [2.24, 2.45) is 0 Å². The van der Waals surface area contributed by atoms with Crippen LogP contribution < -0.4 is 5.32 Å². The van der Waals surface area contributed by atoms with Gasteiger partial charge in [0.05, 0.1) is 17.2 Å². The molecule has 0 unspecified atom stereocenters. The summed E-state index contributed by atoms with van der Waals surface area (Å²) >= 11 is 1.53. The predicted octanol–water partition coefficient (Wildman–Crippen LogP) is 2.36. The highest BCUT2D eigenvalue weighted by molar-refractivity contribution is 7.11. The van der Waals surface area contributed by atoms with Gasteiger partial charge in [0, 0.05) is 4.88 Å². The largest absolute Gasteiger partial charge is 0.507 e. The molecule has 0 saturated heterocycles. The molecule has 0 atom stereocenters. The molecule has 20 heavy (non-hydrogen) atoms. The Morgan fingerprint density at radius 3 is 2.60 bits per heavy atom. The molecule has 0 aliphatic rings. The summed E-state index contributed by atoms with van der Waals surface area (Å²) in [6, 6.07) is 4.20. The minimum Gasteiger partial charge on any atom is -0.507 e. The van der Waals surface area contributed by atoms with Gasteiger partial charge in [-0.15, -0.1) is 11.3 Å². The van der Waals surface area contributed by atoms with E-state index in [1.165, 1.54) is 29.5 Å². The van der Waals surface area contributed by atoms with Crippen LogP contribution in [0.4, 0.5) is 0 Å². The number of hydrogen-bond donors (Lipinski definition) is 3. The Morgan fingerprint density at radius 2 is 2.00 bits per heavy atom. The fourth-order valence-electron chi connectivity index (χ4n) is 1.94. The first-order valence-corrected chi connectivity index (χ1v) is 7.09. The van der Waals surface area contributed by atoms with Crippen LogP contribution in [-0.4, -0.2) is 21.1 Å². The van der Waals surface area contributed by atoms with E-state index in [4.69, 9.17) is 0 Å². The summed E-state index contributed by atoms with van der Waals surface area (Å²) in [5.41, 5.74) is 0.862. The Labute approximate surface area is 120 Å². The zero-order chi connectivity index (χ0) is 14.7. The standard InChI is InChI=1S/C14H16N2O3S/c1-3-9-12(20-8(2)16-9)7-15-14(19)13-10(17)5-4-6-11(13)18/h4-6,17-18H,3,7H2,1-2H3,(H,15,19). The lowest BCUT2D eigenvalue weighted by Crippen LogP contribution is -2.23. The van der Waals surface area contributed by atoms with Crippen molar-refractivity contribution in [3.8, 4) is 11.5 Å². The third-order valence-corrected chi connectivity index (χ3v) is 3.89. The molecule has 0 aliphatic heterocycles. The van der Waals surface area contributed by atoms with Crippen molar-refractivity contribution in [2.75, 3.05) is 0 Å². The van der Waals surface area contributed by atoms with Gasteiger partial charge in [0.1, 0.15) is 17.1 Å². The van der Waals surface area contributed by atoms with Crippen LogP contribution in [0.5, 0.6) is 11.5 Å². The number of carbonyl (C=O) groups excluding carboxylic acids is 1. The molecule has 2 aromatic rings. The highest BCUT2D eigenvalue weighted by atomic mass is 32.1. The molecule has 0 fully saturated rings. The molecular weight excluding hydrogens is 276 g/mol. The summed E-state index contributed by atoms with van der Waals surface area (Å²) in [4.78, 5) is 17.4. The van der Waals surface area contributed by atoms with E-state index in [2.05, 4.69) is 10.3 Å². The quantitative estimate of drug-likeness (QED) is 0.808. The topological polar surface area (TPSA) is 82.5 Å². The summed E-state index contributed by atoms with van der Waals surface area (Å²) in [7, 11) is 0. The number of aromatic nitrogens is 1. The molecule has 5 nitrogen and oxygen atoms in total. The maximum Gasteiger partial charge on any atom is 0.259 e. The molecule has 1 heterocycles. The number of rotatable bonds is 4. The predicted molar refractivity (Wildman–Crippen MR) is 77.2 cm³/mol. The number of benzene rings is 1. The number of phenolic OH excluding ortho intramolecular Hbond substituents is 2. The molecule has 2 rings (SSSR count). The first kappa shape index (κ1) is 14.3. The first-order valence-electron chi connectivity index (χ1n) is 6.27. The van der Waals surface area contributed by atoms with Gasteiger partial charge in [-0.2, -0.15) is 0 Å². The molecule has 3 N–H and O–H groups in total. The summed E-state index contributed by atoms with van der Waals surface area (Å²) in [5, 5.41) is 22.9. The van der Waals surface area contributed by atoms with Crippen LogP contribution >= 0.6 is 11.3 Å². The molecule has 1 aromatic carbocycles. The van der Waals surface area contributed by atoms with Gasteiger partial charge in [0.15, 0.2) is 0 Å². The SMILES string of the molecule is CCc1nc(C)sc1CNC(=O)c1c(O)cccc1O. The van der Waals surface area contributed by atoms with E-state index in [0.717, 1.165) is 22.0 Å². The monoisotopic (exact) mass is 292 g/mol. The normalized spacial score (nSPS) is 10.5. The third kappa shape index (κ3) is 2.91. The maximum absolute atomic E-state index is 12.0. The molecule has 0 aliphatic carbocycles. The van der Waals surface area contributed by atoms with Gasteiger partial charge in [-0.3, -0.25) is 4.79 Å². The number of thiazole rings is 1. The van der Waals surface area contributed by atoms with E-state index in [9.17, 15) is 15.0 Å². The minimum atomic E-state index is -0.506. The number of carbonyl (C=O) groups is 1. The van der Waals surface area contributed by atoms with E-state index in [1.54, 1.807) is 0 Å². The van der Waals surface area contributed by atoms with Crippen LogP contribution in [0.15, 0.2) is 18.2 Å². The second kappa shape index (κ2) is 5.92. The van der Waals surface area contributed by atoms with Crippen molar-refractivity contribution in [3.05, 3.63) is 39.3 Å². The van der Waals surface area contributed by atoms with Gasteiger partial charge in [0.25, 0.3) is 5.91 Å². The molecule has 1 amide bonds. The van der Waals surface area contributed by atoms with Crippen molar-refractivity contribution in [2.45, 2.75) is 26.8 Å². The fourth-order valence-corrected chi connectivity index (χ4v) is 2.90. The van der Waals surface area contributed by atoms with E-state index in [-0.39, 0.29) is 17.1 Å². The van der Waals surface area contributed by atoms with Crippen LogP contribution in [0.3, 0.4) is 0 Å². The van der Waals surface area contributed by atoms with Crippen molar-refractivity contribution >= 4 is 17.2 Å². The van der Waals surface area contributed by atoms with E-state index in [1.807, 2.05) is 13.8 Å². The lowest BCUT2D eigenvalue weighted by atomic mass is 10.1. The average molecular weight is 292 g/mol. The van der Waals surface area contributed by atoms with E-state index in [0.29, 0.717) is 6.54 Å². The first-order chi connectivity index (χ1) is 9.52.